The zero-order chi connectivity index (χ0) is 49.1. The van der Waals surface area contributed by atoms with Gasteiger partial charge in [-0.05, 0) is 45.2 Å². The molecule has 0 radical (unpaired) electrons. The third kappa shape index (κ3) is 25.4. The van der Waals surface area contributed by atoms with Gasteiger partial charge in [-0.2, -0.15) is 4.98 Å². The summed E-state index contributed by atoms with van der Waals surface area (Å²) in [6.07, 6.45) is 0.288. The number of rotatable bonds is 37. The Labute approximate surface area is 385 Å². The maximum absolute atomic E-state index is 12.9. The number of carbonyl (C=O) groups excluding carboxylic acids is 3. The van der Waals surface area contributed by atoms with Crippen molar-refractivity contribution >= 4 is 39.2 Å². The van der Waals surface area contributed by atoms with Crippen LogP contribution in [-0.2, 0) is 62.7 Å². The monoisotopic (exact) mass is 989 g/mol. The summed E-state index contributed by atoms with van der Waals surface area (Å²) < 4.78 is 59.8. The van der Waals surface area contributed by atoms with Crippen LogP contribution in [0.2, 0.25) is 0 Å². The molecule has 0 spiro atoms. The van der Waals surface area contributed by atoms with E-state index in [-0.39, 0.29) is 75.1 Å². The predicted octanol–water partition coefficient (Wildman–Crippen LogP) is -0.274. The number of nitrogen functional groups attached to an aromatic ring is 1. The predicted molar refractivity (Wildman–Crippen MR) is 238 cm³/mol. The highest BCUT2D eigenvalue weighted by atomic mass is 31.2. The molecule has 3 amide bonds. The van der Waals surface area contributed by atoms with Crippen LogP contribution in [0.1, 0.15) is 83.9 Å². The number of phosphoric ester groups is 2. The number of nitrogens with one attached hydrogen (secondary N) is 3. The maximum atomic E-state index is 12.9. The third-order valence-electron chi connectivity index (χ3n) is 9.96. The third-order valence-corrected chi connectivity index (χ3v) is 11.0. The highest BCUT2D eigenvalue weighted by Crippen LogP contribution is 2.45. The lowest BCUT2D eigenvalue weighted by Gasteiger charge is -2.28. The number of carbonyl (C=O) groups is 3. The molecule has 1 fully saturated rings. The van der Waals surface area contributed by atoms with Gasteiger partial charge in [0.05, 0.1) is 65.5 Å². The molecule has 5 atom stereocenters. The van der Waals surface area contributed by atoms with Gasteiger partial charge in [-0.3, -0.25) is 32.9 Å². The molecule has 2 heterocycles. The van der Waals surface area contributed by atoms with E-state index in [1.165, 1.54) is 12.6 Å². The Balaban J connectivity index is 1.51. The van der Waals surface area contributed by atoms with Crippen molar-refractivity contribution < 1.29 is 80.9 Å². The summed E-state index contributed by atoms with van der Waals surface area (Å²) in [4.78, 5) is 92.5. The molecule has 1 aromatic heterocycles. The van der Waals surface area contributed by atoms with Gasteiger partial charge < -0.3 is 70.0 Å². The van der Waals surface area contributed by atoms with Gasteiger partial charge in [-0.1, -0.05) is 40.0 Å². The molecule has 1 saturated heterocycles. The summed E-state index contributed by atoms with van der Waals surface area (Å²) in [6, 6.07) is -0.217. The quantitative estimate of drug-likeness (QED) is 0.0306. The average molecular weight is 990 g/mol. The van der Waals surface area contributed by atoms with Gasteiger partial charge in [0.15, 0.2) is 6.23 Å². The maximum Gasteiger partial charge on any atom is 0.470 e. The van der Waals surface area contributed by atoms with E-state index >= 15 is 0 Å². The molecule has 0 saturated carbocycles. The number of unbranched alkanes of at least 4 members (excludes halogenated alkanes) is 3. The number of nitrogens with two attached hydrogens (primary N) is 1. The van der Waals surface area contributed by atoms with E-state index in [2.05, 4.69) is 55.7 Å². The molecule has 0 bridgehead atoms. The number of hydrogen-bond acceptors (Lipinski definition) is 17. The smallest absolute Gasteiger partial charge is 0.386 e. The molecule has 25 nitrogen and oxygen atoms in total. The Hall–Kier alpha value is -2.97. The number of hydrogen-bond donors (Lipinski definition) is 9. The van der Waals surface area contributed by atoms with Crippen LogP contribution in [0.15, 0.2) is 11.0 Å². The summed E-state index contributed by atoms with van der Waals surface area (Å²) in [6.45, 7) is 9.49. The van der Waals surface area contributed by atoms with Crippen molar-refractivity contribution in [3.63, 3.8) is 0 Å². The van der Waals surface area contributed by atoms with Crippen molar-refractivity contribution in [3.8, 4) is 0 Å². The normalized spacial score (nSPS) is 18.2. The van der Waals surface area contributed by atoms with E-state index in [4.69, 9.17) is 39.2 Å². The van der Waals surface area contributed by atoms with E-state index in [0.717, 1.165) is 36.8 Å². The number of likely N-dealkylation sites (N-methyl/N-ethyl adjacent to an activating group) is 1. The second-order valence-electron chi connectivity index (χ2n) is 16.0. The summed E-state index contributed by atoms with van der Waals surface area (Å²) in [7, 11) is -8.31. The van der Waals surface area contributed by atoms with E-state index < -0.39 is 52.5 Å². The van der Waals surface area contributed by atoms with Gasteiger partial charge in [0.25, 0.3) is 0 Å². The fraction of sp³-hybridized carbons (Fsp3) is 0.821. The summed E-state index contributed by atoms with van der Waals surface area (Å²) in [5.41, 5.74) is 5.21. The lowest BCUT2D eigenvalue weighted by Crippen LogP contribution is -2.47. The van der Waals surface area contributed by atoms with E-state index in [9.17, 15) is 43.2 Å². The first-order valence-corrected chi connectivity index (χ1v) is 25.3. The first kappa shape index (κ1) is 59.2. The fourth-order valence-corrected chi connectivity index (χ4v) is 7.53. The number of aromatic nitrogens is 2. The van der Waals surface area contributed by atoms with Gasteiger partial charge in [0, 0.05) is 44.2 Å². The molecule has 0 aromatic carbocycles. The summed E-state index contributed by atoms with van der Waals surface area (Å²) in [5, 5.41) is 19.2. The molecule has 3 unspecified atom stereocenters. The SMILES string of the molecule is CCCCCCN(C)C(CC(C)C)C(=O)NCCC(=O)NCCOCCOCCOCCOCCC(=O)NCCCc1cn([C@@H]2O[C@H](COP(=O)(O)O)C(OP(=O)(O)O)C2O)c(=O)nc1N. The van der Waals surface area contributed by atoms with Crippen LogP contribution >= 0.6 is 15.6 Å². The summed E-state index contributed by atoms with van der Waals surface area (Å²) >= 11 is 0. The number of nitrogens with zero attached hydrogens (tertiary/aromatic N) is 3. The molecule has 382 valence electrons. The standard InChI is InChI=1S/C39H73N7O18P2/c1-5-6-7-8-16-45(4)30(25-28(2)3)37(50)43-14-11-32(47)42-15-18-59-20-22-61-24-23-60-21-19-58-17-12-33(48)41-13-9-10-29-26-46(39(51)44-36(29)40)38-34(49)35(64-66(55,56)57)31(63-38)27-62-65(52,53)54/h26,28,30-31,34-35,38,49H,5-25,27H2,1-4H3,(H,41,48)(H,42,47)(H,43,50)(H2,40,44,51)(H2,52,53,54)(H2,55,56,57)/t30?,31-,34?,35?,38-/m1/s1. The lowest BCUT2D eigenvalue weighted by atomic mass is 10.0. The Morgan fingerprint density at radius 1 is 0.848 bits per heavy atom. The largest absolute Gasteiger partial charge is 0.470 e. The van der Waals surface area contributed by atoms with E-state index in [1.807, 2.05) is 7.05 Å². The molecule has 0 aliphatic carbocycles. The Bertz CT molecular complexity index is 1730. The molecular formula is C39H73N7O18P2. The van der Waals surface area contributed by atoms with E-state index in [1.54, 1.807) is 0 Å². The first-order valence-electron chi connectivity index (χ1n) is 22.2. The second-order valence-corrected chi connectivity index (χ2v) is 18.4. The number of aryl methyl sites for hydroxylation is 1. The minimum atomic E-state index is -5.24. The van der Waals surface area contributed by atoms with Crippen LogP contribution in [0.5, 0.6) is 0 Å². The van der Waals surface area contributed by atoms with Crippen LogP contribution in [0.4, 0.5) is 5.82 Å². The van der Waals surface area contributed by atoms with Gasteiger partial charge in [-0.15, -0.1) is 0 Å². The number of anilines is 1. The van der Waals surface area contributed by atoms with Crippen LogP contribution in [0.25, 0.3) is 0 Å². The molecule has 66 heavy (non-hydrogen) atoms. The minimum absolute atomic E-state index is 0.0455. The van der Waals surface area contributed by atoms with Crippen molar-refractivity contribution in [2.75, 3.05) is 98.4 Å². The van der Waals surface area contributed by atoms with Gasteiger partial charge >= 0.3 is 21.3 Å². The molecule has 1 aliphatic heterocycles. The molecule has 1 aliphatic rings. The molecule has 1 aromatic rings. The fourth-order valence-electron chi connectivity index (χ4n) is 6.61. The van der Waals surface area contributed by atoms with Crippen LogP contribution in [0, 0.1) is 5.92 Å². The molecular weight excluding hydrogens is 916 g/mol. The second kappa shape index (κ2) is 32.0. The number of phosphoric acid groups is 2. The number of aliphatic hydroxyl groups excluding tert-OH is 1. The van der Waals surface area contributed by atoms with E-state index in [0.29, 0.717) is 64.1 Å². The Morgan fingerprint density at radius 3 is 2.06 bits per heavy atom. The average Bonchev–Trinajstić information content (AvgIpc) is 3.53. The Kier molecular flexibility index (Phi) is 28.6. The van der Waals surface area contributed by atoms with Crippen LogP contribution in [0.3, 0.4) is 0 Å². The summed E-state index contributed by atoms with van der Waals surface area (Å²) in [5.74, 6) is -0.269. The highest BCUT2D eigenvalue weighted by molar-refractivity contribution is 7.46. The topological polar surface area (TPSA) is 351 Å². The number of amides is 3. The van der Waals surface area contributed by atoms with Gasteiger partial charge in [-0.25, -0.2) is 13.9 Å². The molecule has 2 rings (SSSR count). The van der Waals surface area contributed by atoms with Gasteiger partial charge in [0.2, 0.25) is 17.7 Å². The van der Waals surface area contributed by atoms with Crippen LogP contribution in [-0.4, -0.2) is 174 Å². The lowest BCUT2D eigenvalue weighted by molar-refractivity contribution is -0.127. The molecule has 27 heteroatoms. The minimum Gasteiger partial charge on any atom is -0.386 e. The Morgan fingerprint density at radius 2 is 1.45 bits per heavy atom. The zero-order valence-electron chi connectivity index (χ0n) is 38.5. The number of ether oxygens (including phenoxy) is 5. The zero-order valence-corrected chi connectivity index (χ0v) is 40.2. The van der Waals surface area contributed by atoms with Gasteiger partial charge in [0.1, 0.15) is 24.1 Å². The highest BCUT2D eigenvalue weighted by Gasteiger charge is 2.49. The van der Waals surface area contributed by atoms with Crippen molar-refractivity contribution in [1.82, 2.24) is 30.4 Å². The first-order chi connectivity index (χ1) is 31.2. The molecule has 10 N–H and O–H groups in total. The van der Waals surface area contributed by atoms with Crippen molar-refractivity contribution in [3.05, 3.63) is 22.2 Å². The van der Waals surface area contributed by atoms with Crippen molar-refractivity contribution in [2.24, 2.45) is 5.92 Å². The van der Waals surface area contributed by atoms with Crippen LogP contribution < -0.4 is 27.4 Å². The number of aliphatic hydroxyl groups is 1. The van der Waals surface area contributed by atoms with Crippen molar-refractivity contribution in [1.29, 1.82) is 0 Å². The van der Waals surface area contributed by atoms with Crippen molar-refractivity contribution in [2.45, 2.75) is 109 Å².